The van der Waals surface area contributed by atoms with Crippen LogP contribution in [0.2, 0.25) is 0 Å². The molecule has 2 aromatic rings. The van der Waals surface area contributed by atoms with Crippen LogP contribution in [0.1, 0.15) is 31.0 Å². The van der Waals surface area contributed by atoms with Gasteiger partial charge in [0, 0.05) is 17.7 Å². The van der Waals surface area contributed by atoms with Gasteiger partial charge in [0.25, 0.3) is 0 Å². The Morgan fingerprint density at radius 1 is 1.56 bits per heavy atom. The molecule has 82 valence electrons. The van der Waals surface area contributed by atoms with E-state index in [0.717, 1.165) is 6.42 Å². The smallest absolute Gasteiger partial charge is 0.235 e. The summed E-state index contributed by atoms with van der Waals surface area (Å²) in [5, 5.41) is 3.94. The van der Waals surface area contributed by atoms with Gasteiger partial charge >= 0.3 is 0 Å². The second-order valence-corrected chi connectivity index (χ2v) is 5.23. The van der Waals surface area contributed by atoms with Crippen LogP contribution < -0.4 is 0 Å². The third kappa shape index (κ3) is 0.807. The molecule has 2 aliphatic rings. The minimum absolute atomic E-state index is 0.203. The molecule has 0 bridgehead atoms. The van der Waals surface area contributed by atoms with E-state index in [4.69, 9.17) is 0 Å². The van der Waals surface area contributed by atoms with E-state index in [1.807, 2.05) is 6.20 Å². The summed E-state index contributed by atoms with van der Waals surface area (Å²) >= 11 is 0. The number of hydrogen-bond acceptors (Lipinski definition) is 2. The summed E-state index contributed by atoms with van der Waals surface area (Å²) in [6, 6.07) is 1.40. The van der Waals surface area contributed by atoms with Gasteiger partial charge < -0.3 is 0 Å². The van der Waals surface area contributed by atoms with Crippen LogP contribution in [0.5, 0.6) is 0 Å². The van der Waals surface area contributed by atoms with Crippen LogP contribution in [0.25, 0.3) is 5.65 Å². The number of aromatic nitrogens is 3. The average Bonchev–Trinajstić information content (AvgIpc) is 2.69. The molecule has 0 aliphatic heterocycles. The SMILES string of the molecule is CC12CCC1Cc1cnc3cc(F)nn3c12. The molecule has 4 rings (SSSR count). The molecular formula is C12H12FN3. The van der Waals surface area contributed by atoms with Crippen molar-refractivity contribution in [2.24, 2.45) is 5.92 Å². The summed E-state index contributed by atoms with van der Waals surface area (Å²) in [6.07, 6.45) is 5.44. The van der Waals surface area contributed by atoms with Crippen molar-refractivity contribution in [3.8, 4) is 0 Å². The van der Waals surface area contributed by atoms with Gasteiger partial charge in [-0.05, 0) is 30.7 Å². The molecule has 4 heteroatoms. The van der Waals surface area contributed by atoms with Crippen molar-refractivity contribution < 1.29 is 4.39 Å². The van der Waals surface area contributed by atoms with Crippen molar-refractivity contribution >= 4 is 5.65 Å². The normalized spacial score (nSPS) is 31.2. The van der Waals surface area contributed by atoms with Crippen molar-refractivity contribution in [1.29, 1.82) is 0 Å². The summed E-state index contributed by atoms with van der Waals surface area (Å²) in [5.41, 5.74) is 3.28. The topological polar surface area (TPSA) is 30.2 Å². The third-order valence-corrected chi connectivity index (χ3v) is 4.45. The van der Waals surface area contributed by atoms with Gasteiger partial charge in [0.15, 0.2) is 5.65 Å². The Morgan fingerprint density at radius 2 is 2.44 bits per heavy atom. The van der Waals surface area contributed by atoms with Gasteiger partial charge in [0.05, 0.1) is 5.69 Å². The van der Waals surface area contributed by atoms with Gasteiger partial charge in [-0.2, -0.15) is 4.39 Å². The highest BCUT2D eigenvalue weighted by molar-refractivity contribution is 5.46. The molecule has 0 spiro atoms. The van der Waals surface area contributed by atoms with E-state index in [2.05, 4.69) is 17.0 Å². The lowest BCUT2D eigenvalue weighted by Crippen LogP contribution is -2.39. The number of halogens is 1. The molecule has 0 radical (unpaired) electrons. The summed E-state index contributed by atoms with van der Waals surface area (Å²) in [7, 11) is 0. The maximum Gasteiger partial charge on any atom is 0.235 e. The first kappa shape index (κ1) is 8.67. The molecule has 0 N–H and O–H groups in total. The van der Waals surface area contributed by atoms with E-state index in [1.165, 1.54) is 30.2 Å². The molecule has 1 fully saturated rings. The molecule has 0 aromatic carbocycles. The van der Waals surface area contributed by atoms with Gasteiger partial charge in [-0.3, -0.25) is 0 Å². The Balaban J connectivity index is 2.10. The summed E-state index contributed by atoms with van der Waals surface area (Å²) in [5.74, 6) is 0.273. The van der Waals surface area contributed by atoms with Crippen LogP contribution in [0, 0.1) is 11.9 Å². The standard InChI is InChI=1S/C12H12FN3/c1-12-3-2-8(12)4-7-6-14-10-5-9(13)15-16(10)11(7)12/h5-6,8H,2-4H2,1H3. The van der Waals surface area contributed by atoms with E-state index in [0.29, 0.717) is 11.6 Å². The van der Waals surface area contributed by atoms with E-state index >= 15 is 0 Å². The van der Waals surface area contributed by atoms with Crippen molar-refractivity contribution in [2.75, 3.05) is 0 Å². The zero-order valence-electron chi connectivity index (χ0n) is 9.07. The molecule has 16 heavy (non-hydrogen) atoms. The number of rotatable bonds is 0. The summed E-state index contributed by atoms with van der Waals surface area (Å²) in [4.78, 5) is 4.26. The predicted octanol–water partition coefficient (Wildman–Crippen LogP) is 2.09. The first-order chi connectivity index (χ1) is 7.68. The number of fused-ring (bicyclic) bond motifs is 5. The highest BCUT2D eigenvalue weighted by Crippen LogP contribution is 2.55. The number of nitrogens with zero attached hydrogens (tertiary/aromatic N) is 3. The molecule has 3 nitrogen and oxygen atoms in total. The lowest BCUT2D eigenvalue weighted by atomic mass is 9.63. The van der Waals surface area contributed by atoms with Gasteiger partial charge in [-0.25, -0.2) is 9.50 Å². The fourth-order valence-corrected chi connectivity index (χ4v) is 3.39. The molecule has 2 aliphatic carbocycles. The highest BCUT2D eigenvalue weighted by atomic mass is 19.1. The molecule has 2 unspecified atom stereocenters. The van der Waals surface area contributed by atoms with Crippen LogP contribution in [0.15, 0.2) is 12.3 Å². The minimum atomic E-state index is -0.438. The highest BCUT2D eigenvalue weighted by Gasteiger charge is 2.51. The Kier molecular flexibility index (Phi) is 1.32. The third-order valence-electron chi connectivity index (χ3n) is 4.45. The van der Waals surface area contributed by atoms with Gasteiger partial charge in [0.2, 0.25) is 5.95 Å². The van der Waals surface area contributed by atoms with Crippen molar-refractivity contribution in [1.82, 2.24) is 14.6 Å². The fraction of sp³-hybridized carbons (Fsp3) is 0.500. The Bertz CT molecular complexity index is 604. The van der Waals surface area contributed by atoms with Crippen molar-refractivity contribution in [3.63, 3.8) is 0 Å². The monoisotopic (exact) mass is 217 g/mol. The molecule has 2 heterocycles. The summed E-state index contributed by atoms with van der Waals surface area (Å²) in [6.45, 7) is 2.27. The maximum atomic E-state index is 13.2. The molecule has 0 saturated heterocycles. The van der Waals surface area contributed by atoms with E-state index < -0.39 is 5.95 Å². The van der Waals surface area contributed by atoms with Crippen LogP contribution in [-0.2, 0) is 11.8 Å². The van der Waals surface area contributed by atoms with Crippen molar-refractivity contribution in [2.45, 2.75) is 31.6 Å². The molecular weight excluding hydrogens is 205 g/mol. The van der Waals surface area contributed by atoms with Gasteiger partial charge in [0.1, 0.15) is 0 Å². The van der Waals surface area contributed by atoms with Crippen LogP contribution in [-0.4, -0.2) is 14.6 Å². The molecule has 0 amide bonds. The average molecular weight is 217 g/mol. The second-order valence-electron chi connectivity index (χ2n) is 5.23. The van der Waals surface area contributed by atoms with E-state index in [9.17, 15) is 4.39 Å². The quantitative estimate of drug-likeness (QED) is 0.676. The molecule has 1 saturated carbocycles. The lowest BCUT2D eigenvalue weighted by molar-refractivity contribution is 0.157. The Hall–Kier alpha value is -1.45. The number of hydrogen-bond donors (Lipinski definition) is 0. The zero-order chi connectivity index (χ0) is 10.9. The second kappa shape index (κ2) is 2.44. The van der Waals surface area contributed by atoms with E-state index in [-0.39, 0.29) is 5.41 Å². The zero-order valence-corrected chi connectivity index (χ0v) is 9.07. The Labute approximate surface area is 92.3 Å². The minimum Gasteiger partial charge on any atom is -0.237 e. The van der Waals surface area contributed by atoms with Crippen LogP contribution in [0.3, 0.4) is 0 Å². The maximum absolute atomic E-state index is 13.2. The summed E-state index contributed by atoms with van der Waals surface area (Å²) < 4.78 is 14.9. The van der Waals surface area contributed by atoms with Gasteiger partial charge in [-0.15, -0.1) is 5.10 Å². The van der Waals surface area contributed by atoms with Crippen LogP contribution >= 0.6 is 0 Å². The lowest BCUT2D eigenvalue weighted by Gasteiger charge is -2.42. The van der Waals surface area contributed by atoms with Crippen molar-refractivity contribution in [3.05, 3.63) is 29.5 Å². The predicted molar refractivity (Wildman–Crippen MR) is 56.7 cm³/mol. The van der Waals surface area contributed by atoms with Gasteiger partial charge in [-0.1, -0.05) is 6.92 Å². The largest absolute Gasteiger partial charge is 0.237 e. The first-order valence-corrected chi connectivity index (χ1v) is 5.72. The molecule has 2 aromatic heterocycles. The van der Waals surface area contributed by atoms with Crippen LogP contribution in [0.4, 0.5) is 4.39 Å². The molecule has 2 atom stereocenters. The van der Waals surface area contributed by atoms with E-state index in [1.54, 1.807) is 4.52 Å². The first-order valence-electron chi connectivity index (χ1n) is 5.72. The Morgan fingerprint density at radius 3 is 3.19 bits per heavy atom. The fourth-order valence-electron chi connectivity index (χ4n) is 3.39.